The minimum atomic E-state index is 0.223. The summed E-state index contributed by atoms with van der Waals surface area (Å²) < 4.78 is 8.22. The number of nitrogens with one attached hydrogen (secondary N) is 1. The Hall–Kier alpha value is -1.81. The molecule has 2 aromatic rings. The number of para-hydroxylation sites is 1. The molecule has 4 nitrogen and oxygen atoms in total. The third kappa shape index (κ3) is 2.43. The second kappa shape index (κ2) is 4.94. The molecule has 0 spiro atoms. The molecule has 104 valence electrons. The van der Waals surface area contributed by atoms with Crippen LogP contribution in [-0.2, 0) is 19.5 Å². The van der Waals surface area contributed by atoms with Crippen molar-refractivity contribution in [2.24, 2.45) is 0 Å². The average Bonchev–Trinajstić information content (AvgIpc) is 3.04. The fraction of sp³-hybridized carbons (Fsp3) is 0.438. The maximum atomic E-state index is 6.00. The van der Waals surface area contributed by atoms with Gasteiger partial charge in [-0.25, -0.2) is 4.98 Å². The van der Waals surface area contributed by atoms with E-state index in [0.717, 1.165) is 31.1 Å². The summed E-state index contributed by atoms with van der Waals surface area (Å²) in [5, 5.41) is 3.52. The Balaban J connectivity index is 1.41. The molecule has 1 aromatic carbocycles. The molecule has 1 fully saturated rings. The van der Waals surface area contributed by atoms with E-state index in [1.54, 1.807) is 0 Å². The Morgan fingerprint density at radius 1 is 1.30 bits per heavy atom. The predicted molar refractivity (Wildman–Crippen MR) is 76.7 cm³/mol. The van der Waals surface area contributed by atoms with Gasteiger partial charge in [0.15, 0.2) is 0 Å². The fourth-order valence-electron chi connectivity index (χ4n) is 2.77. The second-order valence-electron chi connectivity index (χ2n) is 5.70. The van der Waals surface area contributed by atoms with E-state index >= 15 is 0 Å². The Morgan fingerprint density at radius 3 is 3.05 bits per heavy atom. The van der Waals surface area contributed by atoms with Crippen molar-refractivity contribution >= 4 is 0 Å². The second-order valence-corrected chi connectivity index (χ2v) is 5.70. The maximum absolute atomic E-state index is 6.00. The summed E-state index contributed by atoms with van der Waals surface area (Å²) in [6.45, 7) is 1.73. The van der Waals surface area contributed by atoms with Crippen LogP contribution in [-0.4, -0.2) is 21.7 Å². The zero-order valence-corrected chi connectivity index (χ0v) is 11.5. The van der Waals surface area contributed by atoms with Gasteiger partial charge in [-0.15, -0.1) is 0 Å². The lowest BCUT2D eigenvalue weighted by molar-refractivity contribution is 0.207. The van der Waals surface area contributed by atoms with Crippen LogP contribution in [0, 0.1) is 0 Å². The molecule has 1 aromatic heterocycles. The molecule has 1 saturated carbocycles. The monoisotopic (exact) mass is 269 g/mol. The Labute approximate surface area is 118 Å². The van der Waals surface area contributed by atoms with Crippen molar-refractivity contribution in [2.75, 3.05) is 0 Å². The van der Waals surface area contributed by atoms with Gasteiger partial charge in [-0.1, -0.05) is 18.2 Å². The molecule has 0 amide bonds. The third-order valence-electron chi connectivity index (χ3n) is 4.04. The van der Waals surface area contributed by atoms with Crippen LogP contribution < -0.4 is 10.1 Å². The van der Waals surface area contributed by atoms with E-state index in [2.05, 4.69) is 39.3 Å². The molecule has 1 aliphatic heterocycles. The molecule has 4 heteroatoms. The van der Waals surface area contributed by atoms with Gasteiger partial charge in [-0.3, -0.25) is 0 Å². The maximum Gasteiger partial charge on any atom is 0.123 e. The number of rotatable bonds is 5. The summed E-state index contributed by atoms with van der Waals surface area (Å²) in [7, 11) is 0. The number of fused-ring (bicyclic) bond motifs is 1. The number of hydrogen-bond acceptors (Lipinski definition) is 3. The minimum absolute atomic E-state index is 0.223. The summed E-state index contributed by atoms with van der Waals surface area (Å²) in [5.74, 6) is 2.15. The lowest BCUT2D eigenvalue weighted by Crippen LogP contribution is -2.24. The fourth-order valence-corrected chi connectivity index (χ4v) is 2.77. The van der Waals surface area contributed by atoms with Crippen LogP contribution in [0.4, 0.5) is 0 Å². The van der Waals surface area contributed by atoms with E-state index < -0.39 is 0 Å². The first-order valence-electron chi connectivity index (χ1n) is 7.36. The summed E-state index contributed by atoms with van der Waals surface area (Å²) in [6, 6.07) is 9.03. The molecular formula is C16H19N3O. The molecule has 1 atom stereocenters. The molecule has 1 N–H and O–H groups in total. The van der Waals surface area contributed by atoms with Gasteiger partial charge in [-0.05, 0) is 24.5 Å². The highest BCUT2D eigenvalue weighted by Gasteiger charge is 2.24. The molecule has 20 heavy (non-hydrogen) atoms. The summed E-state index contributed by atoms with van der Waals surface area (Å²) in [6.07, 6.45) is 7.76. The van der Waals surface area contributed by atoms with Gasteiger partial charge in [0.05, 0.1) is 13.1 Å². The van der Waals surface area contributed by atoms with Gasteiger partial charge in [-0.2, -0.15) is 0 Å². The molecule has 0 radical (unpaired) electrons. The normalized spacial score (nSPS) is 20.7. The predicted octanol–water partition coefficient (Wildman–Crippen LogP) is 2.14. The standard InChI is InChI=1S/C16H19N3O/c1-2-4-15-12(3-1)9-14(20-15)11-19-8-7-17-16(19)10-18-13-5-6-13/h1-4,7-8,13-14,18H,5-6,9-11H2. The molecular weight excluding hydrogens is 250 g/mol. The average molecular weight is 269 g/mol. The molecule has 0 saturated heterocycles. The van der Waals surface area contributed by atoms with E-state index in [1.165, 1.54) is 18.4 Å². The van der Waals surface area contributed by atoms with Gasteiger partial charge in [0.25, 0.3) is 0 Å². The van der Waals surface area contributed by atoms with Crippen molar-refractivity contribution in [2.45, 2.75) is 44.5 Å². The van der Waals surface area contributed by atoms with E-state index in [4.69, 9.17) is 4.74 Å². The molecule has 0 bridgehead atoms. The summed E-state index contributed by atoms with van der Waals surface area (Å²) in [5.41, 5.74) is 1.32. The highest BCUT2D eigenvalue weighted by molar-refractivity contribution is 5.37. The molecule has 1 aliphatic carbocycles. The van der Waals surface area contributed by atoms with Gasteiger partial charge in [0, 0.05) is 24.9 Å². The quantitative estimate of drug-likeness (QED) is 0.904. The van der Waals surface area contributed by atoms with Crippen LogP contribution in [0.15, 0.2) is 36.7 Å². The molecule has 2 aliphatic rings. The van der Waals surface area contributed by atoms with E-state index in [-0.39, 0.29) is 6.10 Å². The number of benzene rings is 1. The van der Waals surface area contributed by atoms with E-state index in [9.17, 15) is 0 Å². The highest BCUT2D eigenvalue weighted by atomic mass is 16.5. The van der Waals surface area contributed by atoms with Crippen LogP contribution in [0.5, 0.6) is 5.75 Å². The highest BCUT2D eigenvalue weighted by Crippen LogP contribution is 2.29. The van der Waals surface area contributed by atoms with Gasteiger partial charge >= 0.3 is 0 Å². The molecule has 1 unspecified atom stereocenters. The zero-order valence-electron chi connectivity index (χ0n) is 11.5. The lowest BCUT2D eigenvalue weighted by atomic mass is 10.1. The van der Waals surface area contributed by atoms with Crippen molar-refractivity contribution in [1.82, 2.24) is 14.9 Å². The number of aromatic nitrogens is 2. The number of nitrogens with zero attached hydrogens (tertiary/aromatic N) is 2. The molecule has 4 rings (SSSR count). The Kier molecular flexibility index (Phi) is 2.96. The van der Waals surface area contributed by atoms with Crippen molar-refractivity contribution in [3.8, 4) is 5.75 Å². The van der Waals surface area contributed by atoms with Crippen molar-refractivity contribution in [3.05, 3.63) is 48.0 Å². The van der Waals surface area contributed by atoms with Gasteiger partial charge in [0.1, 0.15) is 17.7 Å². The number of ether oxygens (including phenoxy) is 1. The van der Waals surface area contributed by atoms with Gasteiger partial charge < -0.3 is 14.6 Å². The van der Waals surface area contributed by atoms with Crippen LogP contribution in [0.2, 0.25) is 0 Å². The van der Waals surface area contributed by atoms with Crippen molar-refractivity contribution in [3.63, 3.8) is 0 Å². The first kappa shape index (κ1) is 12.0. The van der Waals surface area contributed by atoms with Crippen molar-refractivity contribution in [1.29, 1.82) is 0 Å². The van der Waals surface area contributed by atoms with Crippen LogP contribution in [0.1, 0.15) is 24.2 Å². The summed E-state index contributed by atoms with van der Waals surface area (Å²) in [4.78, 5) is 4.45. The number of imidazole rings is 1. The summed E-state index contributed by atoms with van der Waals surface area (Å²) >= 11 is 0. The van der Waals surface area contributed by atoms with E-state index in [0.29, 0.717) is 6.04 Å². The Morgan fingerprint density at radius 2 is 2.20 bits per heavy atom. The van der Waals surface area contributed by atoms with Crippen LogP contribution >= 0.6 is 0 Å². The Bertz CT molecular complexity index is 578. The zero-order chi connectivity index (χ0) is 13.4. The van der Waals surface area contributed by atoms with Crippen molar-refractivity contribution < 1.29 is 4.74 Å². The largest absolute Gasteiger partial charge is 0.488 e. The lowest BCUT2D eigenvalue weighted by Gasteiger charge is -2.14. The smallest absolute Gasteiger partial charge is 0.123 e. The molecule has 2 heterocycles. The first-order valence-corrected chi connectivity index (χ1v) is 7.36. The topological polar surface area (TPSA) is 39.1 Å². The SMILES string of the molecule is c1ccc2c(c1)CC(Cn1ccnc1CNC1CC1)O2. The van der Waals surface area contributed by atoms with Crippen LogP contribution in [0.25, 0.3) is 0 Å². The van der Waals surface area contributed by atoms with Gasteiger partial charge in [0.2, 0.25) is 0 Å². The number of hydrogen-bond donors (Lipinski definition) is 1. The van der Waals surface area contributed by atoms with Crippen LogP contribution in [0.3, 0.4) is 0 Å². The minimum Gasteiger partial charge on any atom is -0.488 e. The first-order chi connectivity index (χ1) is 9.88. The van der Waals surface area contributed by atoms with E-state index in [1.807, 2.05) is 12.3 Å². The third-order valence-corrected chi connectivity index (χ3v) is 4.04.